The van der Waals surface area contributed by atoms with Crippen molar-refractivity contribution in [2.75, 3.05) is 5.73 Å². The Morgan fingerprint density at radius 1 is 1.73 bits per heavy atom. The molecule has 5 heteroatoms. The summed E-state index contributed by atoms with van der Waals surface area (Å²) in [6.07, 6.45) is 0.923. The molecule has 0 aliphatic carbocycles. The first-order valence-electron chi connectivity index (χ1n) is 3.16. The number of carbonyl (C=O) groups is 1. The van der Waals surface area contributed by atoms with E-state index in [0.29, 0.717) is 18.0 Å². The van der Waals surface area contributed by atoms with Gasteiger partial charge >= 0.3 is 0 Å². The number of hydrogen-bond donors (Lipinski definition) is 2. The second-order valence-corrected chi connectivity index (χ2v) is 3.03. The second-order valence-electron chi connectivity index (χ2n) is 2.14. The van der Waals surface area contributed by atoms with E-state index in [-0.39, 0.29) is 5.91 Å². The van der Waals surface area contributed by atoms with Crippen LogP contribution in [0.15, 0.2) is 5.38 Å². The lowest BCUT2D eigenvalue weighted by Crippen LogP contribution is -2.11. The van der Waals surface area contributed by atoms with Gasteiger partial charge in [-0.25, -0.2) is 4.98 Å². The molecule has 1 aromatic rings. The van der Waals surface area contributed by atoms with Crippen LogP contribution in [0.5, 0.6) is 0 Å². The molecule has 0 spiro atoms. The predicted molar refractivity (Wildman–Crippen MR) is 44.0 cm³/mol. The molecule has 1 amide bonds. The fraction of sp³-hybridized carbons (Fsp3) is 0.333. The third kappa shape index (κ3) is 2.55. The Labute approximate surface area is 68.2 Å². The number of nitrogen functional groups attached to an aromatic ring is 1. The lowest BCUT2D eigenvalue weighted by Gasteiger charge is -1.90. The number of thiazole rings is 1. The summed E-state index contributed by atoms with van der Waals surface area (Å²) in [7, 11) is 0. The Balaban J connectivity index is 2.45. The third-order valence-electron chi connectivity index (χ3n) is 1.20. The van der Waals surface area contributed by atoms with Crippen molar-refractivity contribution in [2.45, 2.75) is 12.8 Å². The standard InChI is InChI=1S/C6H9N3OS/c7-5(10)2-1-4-3-11-6(8)9-4/h3H,1-2H2,(H2,7,10)(H2,8,9). The molecule has 1 aromatic heterocycles. The number of rotatable bonds is 3. The summed E-state index contributed by atoms with van der Waals surface area (Å²) in [4.78, 5) is 14.3. The maximum Gasteiger partial charge on any atom is 0.217 e. The molecule has 0 aromatic carbocycles. The quantitative estimate of drug-likeness (QED) is 0.678. The van der Waals surface area contributed by atoms with E-state index in [1.807, 2.05) is 5.38 Å². The van der Waals surface area contributed by atoms with E-state index >= 15 is 0 Å². The molecule has 4 nitrogen and oxygen atoms in total. The monoisotopic (exact) mass is 171 g/mol. The van der Waals surface area contributed by atoms with Crippen LogP contribution in [0, 0.1) is 0 Å². The van der Waals surface area contributed by atoms with Gasteiger partial charge in [-0.15, -0.1) is 11.3 Å². The normalized spacial score (nSPS) is 9.82. The van der Waals surface area contributed by atoms with Gasteiger partial charge in [-0.1, -0.05) is 0 Å². The highest BCUT2D eigenvalue weighted by atomic mass is 32.1. The SMILES string of the molecule is NC(=O)CCc1csc(N)n1. The molecule has 1 heterocycles. The van der Waals surface area contributed by atoms with Crippen molar-refractivity contribution in [3.63, 3.8) is 0 Å². The highest BCUT2D eigenvalue weighted by molar-refractivity contribution is 7.13. The minimum Gasteiger partial charge on any atom is -0.375 e. The van der Waals surface area contributed by atoms with E-state index in [0.717, 1.165) is 5.69 Å². The second kappa shape index (κ2) is 3.34. The number of aryl methyl sites for hydroxylation is 1. The zero-order chi connectivity index (χ0) is 8.27. The largest absolute Gasteiger partial charge is 0.375 e. The van der Waals surface area contributed by atoms with Crippen LogP contribution in [0.2, 0.25) is 0 Å². The summed E-state index contributed by atoms with van der Waals surface area (Å²) in [5.41, 5.74) is 11.2. The average molecular weight is 171 g/mol. The number of carbonyl (C=O) groups excluding carboxylic acids is 1. The summed E-state index contributed by atoms with van der Waals surface area (Å²) in [6, 6.07) is 0. The van der Waals surface area contributed by atoms with Crippen LogP contribution in [-0.2, 0) is 11.2 Å². The van der Waals surface area contributed by atoms with Crippen LogP contribution < -0.4 is 11.5 Å². The number of hydrogen-bond acceptors (Lipinski definition) is 4. The average Bonchev–Trinajstić information content (AvgIpc) is 2.31. The van der Waals surface area contributed by atoms with Gasteiger partial charge < -0.3 is 11.5 Å². The van der Waals surface area contributed by atoms with Crippen molar-refractivity contribution in [2.24, 2.45) is 5.73 Å². The van der Waals surface area contributed by atoms with E-state index in [1.54, 1.807) is 0 Å². The molecule has 0 aliphatic rings. The number of nitrogens with two attached hydrogens (primary N) is 2. The van der Waals surface area contributed by atoms with Crippen LogP contribution in [-0.4, -0.2) is 10.9 Å². The fourth-order valence-corrected chi connectivity index (χ4v) is 1.29. The van der Waals surface area contributed by atoms with Gasteiger partial charge in [0.1, 0.15) is 0 Å². The zero-order valence-corrected chi connectivity index (χ0v) is 6.73. The van der Waals surface area contributed by atoms with Crippen LogP contribution >= 0.6 is 11.3 Å². The molecule has 0 aliphatic heterocycles. The zero-order valence-electron chi connectivity index (χ0n) is 5.91. The molecule has 1 rings (SSSR count). The maximum absolute atomic E-state index is 10.3. The molecule has 0 saturated carbocycles. The van der Waals surface area contributed by atoms with Crippen molar-refractivity contribution in [3.8, 4) is 0 Å². The van der Waals surface area contributed by atoms with E-state index in [2.05, 4.69) is 4.98 Å². The van der Waals surface area contributed by atoms with Gasteiger partial charge in [-0.05, 0) is 6.42 Å². The van der Waals surface area contributed by atoms with Gasteiger partial charge in [0.2, 0.25) is 5.91 Å². The number of nitrogens with zero attached hydrogens (tertiary/aromatic N) is 1. The lowest BCUT2D eigenvalue weighted by atomic mass is 10.2. The minimum atomic E-state index is -0.309. The Hall–Kier alpha value is -1.10. The molecule has 0 saturated heterocycles. The number of aromatic nitrogens is 1. The Kier molecular flexibility index (Phi) is 2.43. The Morgan fingerprint density at radius 3 is 2.91 bits per heavy atom. The van der Waals surface area contributed by atoms with E-state index < -0.39 is 0 Å². The Morgan fingerprint density at radius 2 is 2.45 bits per heavy atom. The van der Waals surface area contributed by atoms with E-state index in [4.69, 9.17) is 11.5 Å². The fourth-order valence-electron chi connectivity index (χ4n) is 0.689. The highest BCUT2D eigenvalue weighted by Crippen LogP contribution is 2.11. The summed E-state index contributed by atoms with van der Waals surface area (Å²) in [5, 5.41) is 2.36. The molecule has 0 radical (unpaired) electrons. The van der Waals surface area contributed by atoms with Crippen molar-refractivity contribution in [3.05, 3.63) is 11.1 Å². The molecular weight excluding hydrogens is 162 g/mol. The summed E-state index contributed by atoms with van der Waals surface area (Å²) in [5.74, 6) is -0.309. The first kappa shape index (κ1) is 8.00. The third-order valence-corrected chi connectivity index (χ3v) is 1.92. The molecule has 0 bridgehead atoms. The molecular formula is C6H9N3OS. The smallest absolute Gasteiger partial charge is 0.217 e. The van der Waals surface area contributed by atoms with Crippen molar-refractivity contribution in [1.82, 2.24) is 4.98 Å². The summed E-state index contributed by atoms with van der Waals surface area (Å²) >= 11 is 1.37. The summed E-state index contributed by atoms with van der Waals surface area (Å²) < 4.78 is 0. The number of amides is 1. The number of primary amides is 1. The van der Waals surface area contributed by atoms with Gasteiger partial charge in [0.15, 0.2) is 5.13 Å². The van der Waals surface area contributed by atoms with Crippen molar-refractivity contribution < 1.29 is 4.79 Å². The van der Waals surface area contributed by atoms with Crippen LogP contribution in [0.3, 0.4) is 0 Å². The van der Waals surface area contributed by atoms with Gasteiger partial charge in [-0.2, -0.15) is 0 Å². The molecule has 0 atom stereocenters. The Bertz CT molecular complexity index is 258. The van der Waals surface area contributed by atoms with Gasteiger partial charge in [0, 0.05) is 11.8 Å². The molecule has 0 fully saturated rings. The maximum atomic E-state index is 10.3. The number of anilines is 1. The molecule has 60 valence electrons. The van der Waals surface area contributed by atoms with Gasteiger partial charge in [0.05, 0.1) is 5.69 Å². The van der Waals surface area contributed by atoms with E-state index in [1.165, 1.54) is 11.3 Å². The van der Waals surface area contributed by atoms with Gasteiger partial charge in [0.25, 0.3) is 0 Å². The van der Waals surface area contributed by atoms with Crippen LogP contribution in [0.1, 0.15) is 12.1 Å². The van der Waals surface area contributed by atoms with Crippen LogP contribution in [0.25, 0.3) is 0 Å². The minimum absolute atomic E-state index is 0.309. The molecule has 0 unspecified atom stereocenters. The van der Waals surface area contributed by atoms with Crippen molar-refractivity contribution in [1.29, 1.82) is 0 Å². The molecule has 11 heavy (non-hydrogen) atoms. The first-order chi connectivity index (χ1) is 5.18. The topological polar surface area (TPSA) is 82.0 Å². The first-order valence-corrected chi connectivity index (χ1v) is 4.04. The highest BCUT2D eigenvalue weighted by Gasteiger charge is 2.00. The van der Waals surface area contributed by atoms with Gasteiger partial charge in [-0.3, -0.25) is 4.79 Å². The van der Waals surface area contributed by atoms with E-state index in [9.17, 15) is 4.79 Å². The van der Waals surface area contributed by atoms with Crippen molar-refractivity contribution >= 4 is 22.4 Å². The lowest BCUT2D eigenvalue weighted by molar-refractivity contribution is -0.118. The van der Waals surface area contributed by atoms with Crippen LogP contribution in [0.4, 0.5) is 5.13 Å². The summed E-state index contributed by atoms with van der Waals surface area (Å²) in [6.45, 7) is 0. The molecule has 4 N–H and O–H groups in total. The predicted octanol–water partition coefficient (Wildman–Crippen LogP) is 0.143.